The van der Waals surface area contributed by atoms with E-state index < -0.39 is 0 Å². The smallest absolute Gasteiger partial charge is 0.244 e. The summed E-state index contributed by atoms with van der Waals surface area (Å²) in [6, 6.07) is 13.4. The summed E-state index contributed by atoms with van der Waals surface area (Å²) in [6.45, 7) is 5.52. The van der Waals surface area contributed by atoms with Crippen LogP contribution in [0, 0.1) is 0 Å². The van der Waals surface area contributed by atoms with Crippen LogP contribution in [0.3, 0.4) is 0 Å². The maximum atomic E-state index is 12.1. The number of amides is 1. The number of rotatable bonds is 10. The van der Waals surface area contributed by atoms with Gasteiger partial charge in [0.15, 0.2) is 11.5 Å². The monoisotopic (exact) mass is 369 g/mol. The number of nitrogens with one attached hydrogen (secondary N) is 1. The molecule has 0 radical (unpaired) electrons. The Morgan fingerprint density at radius 1 is 1.00 bits per heavy atom. The zero-order valence-corrected chi connectivity index (χ0v) is 16.2. The van der Waals surface area contributed by atoms with Crippen molar-refractivity contribution < 1.29 is 19.0 Å². The summed E-state index contributed by atoms with van der Waals surface area (Å²) in [5, 5.41) is 2.89. The van der Waals surface area contributed by atoms with E-state index in [0.717, 1.165) is 16.9 Å². The number of ether oxygens (including phenoxy) is 3. The minimum atomic E-state index is -0.142. The Hall–Kier alpha value is -2.95. The number of carbonyl (C=O) groups excluding carboxylic acids is 1. The van der Waals surface area contributed by atoms with E-state index in [1.807, 2.05) is 56.3 Å². The molecule has 0 aliphatic heterocycles. The van der Waals surface area contributed by atoms with Crippen LogP contribution in [-0.4, -0.2) is 32.8 Å². The molecule has 0 atom stereocenters. The fourth-order valence-corrected chi connectivity index (χ4v) is 2.63. The zero-order valence-electron chi connectivity index (χ0n) is 16.2. The molecule has 0 saturated carbocycles. The summed E-state index contributed by atoms with van der Waals surface area (Å²) in [5.74, 6) is 2.08. The molecule has 0 aliphatic rings. The highest BCUT2D eigenvalue weighted by atomic mass is 16.5. The van der Waals surface area contributed by atoms with E-state index in [1.165, 1.54) is 6.08 Å². The third-order valence-corrected chi connectivity index (χ3v) is 3.88. The van der Waals surface area contributed by atoms with Gasteiger partial charge in [-0.3, -0.25) is 4.79 Å². The predicted octanol–water partition coefficient (Wildman–Crippen LogP) is 3.86. The van der Waals surface area contributed by atoms with Gasteiger partial charge >= 0.3 is 0 Å². The third kappa shape index (κ3) is 6.37. The molecule has 0 unspecified atom stereocenters. The summed E-state index contributed by atoms with van der Waals surface area (Å²) >= 11 is 0. The first-order valence-corrected chi connectivity index (χ1v) is 9.15. The largest absolute Gasteiger partial charge is 0.496 e. The van der Waals surface area contributed by atoms with Gasteiger partial charge in [0.05, 0.1) is 20.3 Å². The fraction of sp³-hybridized carbons (Fsp3) is 0.318. The molecule has 1 amide bonds. The lowest BCUT2D eigenvalue weighted by molar-refractivity contribution is -0.116. The van der Waals surface area contributed by atoms with Crippen molar-refractivity contribution in [3.05, 3.63) is 59.7 Å². The third-order valence-electron chi connectivity index (χ3n) is 3.88. The van der Waals surface area contributed by atoms with Crippen LogP contribution in [0.2, 0.25) is 0 Å². The molecule has 5 nitrogen and oxygen atoms in total. The Balaban J connectivity index is 1.91. The molecule has 0 fully saturated rings. The van der Waals surface area contributed by atoms with E-state index in [1.54, 1.807) is 13.2 Å². The van der Waals surface area contributed by atoms with Crippen LogP contribution in [0.5, 0.6) is 17.2 Å². The van der Waals surface area contributed by atoms with Crippen LogP contribution < -0.4 is 19.5 Å². The molecule has 0 aromatic heterocycles. The Kier molecular flexibility index (Phi) is 8.23. The maximum absolute atomic E-state index is 12.1. The molecule has 1 N–H and O–H groups in total. The van der Waals surface area contributed by atoms with Gasteiger partial charge in [-0.2, -0.15) is 0 Å². The van der Waals surface area contributed by atoms with Crippen molar-refractivity contribution >= 4 is 12.0 Å². The number of carbonyl (C=O) groups is 1. The Morgan fingerprint density at radius 3 is 2.48 bits per heavy atom. The molecule has 2 aromatic rings. The quantitative estimate of drug-likeness (QED) is 0.646. The van der Waals surface area contributed by atoms with Crippen LogP contribution in [0.1, 0.15) is 25.0 Å². The van der Waals surface area contributed by atoms with Gasteiger partial charge in [0.25, 0.3) is 0 Å². The first-order chi connectivity index (χ1) is 13.2. The second-order valence-corrected chi connectivity index (χ2v) is 5.76. The van der Waals surface area contributed by atoms with Crippen molar-refractivity contribution in [1.82, 2.24) is 5.32 Å². The van der Waals surface area contributed by atoms with Gasteiger partial charge in [-0.1, -0.05) is 24.3 Å². The molecule has 2 aromatic carbocycles. The first kappa shape index (κ1) is 20.4. The Bertz CT molecular complexity index is 771. The number of para-hydroxylation sites is 1. The minimum Gasteiger partial charge on any atom is -0.496 e. The van der Waals surface area contributed by atoms with Crippen LogP contribution in [0.4, 0.5) is 0 Å². The van der Waals surface area contributed by atoms with Gasteiger partial charge in [-0.15, -0.1) is 0 Å². The molecule has 0 heterocycles. The molecule has 5 heteroatoms. The highest BCUT2D eigenvalue weighted by Gasteiger charge is 2.05. The van der Waals surface area contributed by atoms with Crippen molar-refractivity contribution in [3.63, 3.8) is 0 Å². The molecule has 27 heavy (non-hydrogen) atoms. The van der Waals surface area contributed by atoms with Crippen LogP contribution in [0.15, 0.2) is 48.5 Å². The number of methoxy groups -OCH3 is 1. The second-order valence-electron chi connectivity index (χ2n) is 5.76. The van der Waals surface area contributed by atoms with E-state index >= 15 is 0 Å². The summed E-state index contributed by atoms with van der Waals surface area (Å²) in [4.78, 5) is 12.1. The lowest BCUT2D eigenvalue weighted by Crippen LogP contribution is -2.23. The summed E-state index contributed by atoms with van der Waals surface area (Å²) in [6.07, 6.45) is 3.99. The molecular weight excluding hydrogens is 342 g/mol. The standard InChI is InChI=1S/C22H27NO4/c1-4-26-20-12-10-17(16-21(20)27-5-2)11-13-22(24)23-15-14-18-8-6-7-9-19(18)25-3/h6-13,16H,4-5,14-15H2,1-3H3,(H,23,24)/b13-11+. The van der Waals surface area contributed by atoms with Crippen molar-refractivity contribution in [2.24, 2.45) is 0 Å². The summed E-state index contributed by atoms with van der Waals surface area (Å²) in [7, 11) is 1.65. The van der Waals surface area contributed by atoms with Gasteiger partial charge in [-0.05, 0) is 55.7 Å². The first-order valence-electron chi connectivity index (χ1n) is 9.15. The van der Waals surface area contributed by atoms with Gasteiger partial charge in [0.2, 0.25) is 5.91 Å². The normalized spacial score (nSPS) is 10.6. The summed E-state index contributed by atoms with van der Waals surface area (Å²) < 4.78 is 16.5. The van der Waals surface area contributed by atoms with Crippen molar-refractivity contribution in [1.29, 1.82) is 0 Å². The van der Waals surface area contributed by atoms with Gasteiger partial charge in [-0.25, -0.2) is 0 Å². The predicted molar refractivity (Wildman–Crippen MR) is 108 cm³/mol. The van der Waals surface area contributed by atoms with Crippen LogP contribution in [0.25, 0.3) is 6.08 Å². The highest BCUT2D eigenvalue weighted by Crippen LogP contribution is 2.29. The van der Waals surface area contributed by atoms with Gasteiger partial charge < -0.3 is 19.5 Å². The molecule has 0 aliphatic carbocycles. The van der Waals surface area contributed by atoms with E-state index in [9.17, 15) is 4.79 Å². The Labute approximate surface area is 161 Å². The topological polar surface area (TPSA) is 56.8 Å². The van der Waals surface area contributed by atoms with Crippen LogP contribution >= 0.6 is 0 Å². The average molecular weight is 369 g/mol. The second kappa shape index (κ2) is 10.9. The highest BCUT2D eigenvalue weighted by molar-refractivity contribution is 5.91. The molecule has 2 rings (SSSR count). The average Bonchev–Trinajstić information content (AvgIpc) is 2.69. The molecule has 0 bridgehead atoms. The molecule has 144 valence electrons. The lowest BCUT2D eigenvalue weighted by atomic mass is 10.1. The van der Waals surface area contributed by atoms with E-state index in [0.29, 0.717) is 37.7 Å². The molecule has 0 saturated heterocycles. The van der Waals surface area contributed by atoms with Crippen molar-refractivity contribution in [3.8, 4) is 17.2 Å². The van der Waals surface area contributed by atoms with Crippen molar-refractivity contribution in [2.75, 3.05) is 26.9 Å². The molecule has 0 spiro atoms. The van der Waals surface area contributed by atoms with Crippen LogP contribution in [-0.2, 0) is 11.2 Å². The Morgan fingerprint density at radius 2 is 1.74 bits per heavy atom. The minimum absolute atomic E-state index is 0.142. The maximum Gasteiger partial charge on any atom is 0.244 e. The van der Waals surface area contributed by atoms with Crippen molar-refractivity contribution in [2.45, 2.75) is 20.3 Å². The number of hydrogen-bond donors (Lipinski definition) is 1. The van der Waals surface area contributed by atoms with E-state index in [-0.39, 0.29) is 5.91 Å². The van der Waals surface area contributed by atoms with E-state index in [4.69, 9.17) is 14.2 Å². The summed E-state index contributed by atoms with van der Waals surface area (Å²) in [5.41, 5.74) is 1.94. The number of benzene rings is 2. The SMILES string of the molecule is CCOc1ccc(/C=C/C(=O)NCCc2ccccc2OC)cc1OCC. The zero-order chi connectivity index (χ0) is 19.5. The lowest BCUT2D eigenvalue weighted by Gasteiger charge is -2.11. The molecular formula is C22H27NO4. The van der Waals surface area contributed by atoms with Gasteiger partial charge in [0, 0.05) is 12.6 Å². The van der Waals surface area contributed by atoms with E-state index in [2.05, 4.69) is 5.32 Å². The van der Waals surface area contributed by atoms with Gasteiger partial charge in [0.1, 0.15) is 5.75 Å². The fourth-order valence-electron chi connectivity index (χ4n) is 2.63. The number of hydrogen-bond acceptors (Lipinski definition) is 4.